The number of esters is 1. The molecule has 6 heteroatoms. The molecule has 1 aromatic heterocycles. The van der Waals surface area contributed by atoms with Crippen molar-refractivity contribution >= 4 is 17.3 Å². The molecule has 130 valence electrons. The Balaban J connectivity index is 1.70. The zero-order valence-corrected chi connectivity index (χ0v) is 14.9. The maximum atomic E-state index is 11.8. The monoisotopic (exact) mass is 364 g/mol. The van der Waals surface area contributed by atoms with Gasteiger partial charge in [-0.2, -0.15) is 5.26 Å². The molecule has 0 amide bonds. The van der Waals surface area contributed by atoms with Gasteiger partial charge in [-0.25, -0.2) is 4.98 Å². The molecule has 0 aliphatic carbocycles. The average molecular weight is 364 g/mol. The van der Waals surface area contributed by atoms with E-state index in [-0.39, 0.29) is 6.42 Å². The third kappa shape index (κ3) is 4.68. The number of carbonyl (C=O) groups excluding carboxylic acids is 1. The van der Waals surface area contributed by atoms with Gasteiger partial charge in [0.15, 0.2) is 6.10 Å². The maximum absolute atomic E-state index is 11.8. The Morgan fingerprint density at radius 1 is 1.19 bits per heavy atom. The van der Waals surface area contributed by atoms with Crippen LogP contribution in [0.1, 0.15) is 12.6 Å². The molecule has 0 fully saturated rings. The summed E-state index contributed by atoms with van der Waals surface area (Å²) in [4.78, 5) is 16.2. The van der Waals surface area contributed by atoms with E-state index in [0.717, 1.165) is 16.3 Å². The molecular formula is C20H16N2O3S. The lowest BCUT2D eigenvalue weighted by Gasteiger charge is -2.06. The van der Waals surface area contributed by atoms with E-state index in [0.29, 0.717) is 11.4 Å². The minimum Gasteiger partial charge on any atom is -0.457 e. The average Bonchev–Trinajstić information content (AvgIpc) is 3.11. The third-order valence-electron chi connectivity index (χ3n) is 3.43. The Morgan fingerprint density at radius 3 is 2.73 bits per heavy atom. The molecule has 0 saturated carbocycles. The van der Waals surface area contributed by atoms with Gasteiger partial charge in [-0.3, -0.25) is 4.79 Å². The zero-order chi connectivity index (χ0) is 18.4. The largest absolute Gasteiger partial charge is 0.457 e. The summed E-state index contributed by atoms with van der Waals surface area (Å²) in [6.07, 6.45) is -0.713. The second-order valence-corrected chi connectivity index (χ2v) is 6.38. The van der Waals surface area contributed by atoms with Gasteiger partial charge < -0.3 is 9.47 Å². The van der Waals surface area contributed by atoms with Crippen LogP contribution in [0, 0.1) is 11.3 Å². The van der Waals surface area contributed by atoms with Crippen molar-refractivity contribution in [1.29, 1.82) is 5.26 Å². The molecule has 3 rings (SSSR count). The molecule has 0 radical (unpaired) electrons. The fourth-order valence-electron chi connectivity index (χ4n) is 2.25. The number of nitrogens with zero attached hydrogens (tertiary/aromatic N) is 2. The fraction of sp³-hybridized carbons (Fsp3) is 0.150. The molecule has 0 spiro atoms. The number of nitriles is 1. The first-order valence-electron chi connectivity index (χ1n) is 8.01. The number of hydrogen-bond acceptors (Lipinski definition) is 6. The Bertz CT molecular complexity index is 931. The van der Waals surface area contributed by atoms with E-state index < -0.39 is 12.1 Å². The number of carbonyl (C=O) groups is 1. The van der Waals surface area contributed by atoms with Gasteiger partial charge in [0.05, 0.1) is 12.1 Å². The first-order valence-corrected chi connectivity index (χ1v) is 8.89. The lowest BCUT2D eigenvalue weighted by Crippen LogP contribution is -2.15. The summed E-state index contributed by atoms with van der Waals surface area (Å²) in [6, 6.07) is 19.0. The van der Waals surface area contributed by atoms with Crippen LogP contribution in [0.2, 0.25) is 0 Å². The van der Waals surface area contributed by atoms with Gasteiger partial charge in [0.25, 0.3) is 0 Å². The number of thiazole rings is 1. The van der Waals surface area contributed by atoms with Crippen LogP contribution in [-0.4, -0.2) is 17.1 Å². The van der Waals surface area contributed by atoms with E-state index in [2.05, 4.69) is 4.98 Å². The van der Waals surface area contributed by atoms with E-state index >= 15 is 0 Å². The quantitative estimate of drug-likeness (QED) is 0.598. The van der Waals surface area contributed by atoms with Crippen LogP contribution in [0.25, 0.3) is 10.6 Å². The van der Waals surface area contributed by atoms with Gasteiger partial charge in [0.1, 0.15) is 22.6 Å². The van der Waals surface area contributed by atoms with E-state index in [9.17, 15) is 4.79 Å². The lowest BCUT2D eigenvalue weighted by atomic mass is 10.2. The van der Waals surface area contributed by atoms with Gasteiger partial charge in [-0.05, 0) is 31.2 Å². The van der Waals surface area contributed by atoms with E-state index in [1.807, 2.05) is 66.0 Å². The minimum absolute atomic E-state index is 0.0444. The van der Waals surface area contributed by atoms with Crippen molar-refractivity contribution in [2.24, 2.45) is 0 Å². The van der Waals surface area contributed by atoms with Crippen molar-refractivity contribution in [1.82, 2.24) is 4.98 Å². The number of hydrogen-bond donors (Lipinski definition) is 0. The second kappa shape index (κ2) is 8.28. The van der Waals surface area contributed by atoms with Crippen LogP contribution in [-0.2, 0) is 16.0 Å². The molecule has 0 aliphatic rings. The number of benzene rings is 2. The van der Waals surface area contributed by atoms with Gasteiger partial charge in [-0.15, -0.1) is 11.3 Å². The summed E-state index contributed by atoms with van der Waals surface area (Å²) in [5.41, 5.74) is 1.53. The van der Waals surface area contributed by atoms with Crippen LogP contribution < -0.4 is 4.74 Å². The molecule has 5 nitrogen and oxygen atoms in total. The second-order valence-electron chi connectivity index (χ2n) is 5.52. The van der Waals surface area contributed by atoms with E-state index in [4.69, 9.17) is 14.7 Å². The molecular weight excluding hydrogens is 348 g/mol. The van der Waals surface area contributed by atoms with E-state index in [1.54, 1.807) is 0 Å². The molecule has 0 aliphatic heterocycles. The van der Waals surface area contributed by atoms with Crippen LogP contribution in [0.4, 0.5) is 0 Å². The summed E-state index contributed by atoms with van der Waals surface area (Å²) in [5, 5.41) is 11.3. The number of ether oxygens (including phenoxy) is 2. The molecule has 3 aromatic rings. The van der Waals surface area contributed by atoms with Crippen molar-refractivity contribution < 1.29 is 14.3 Å². The van der Waals surface area contributed by atoms with Gasteiger partial charge in [0, 0.05) is 10.9 Å². The number of para-hydroxylation sites is 1. The predicted molar refractivity (Wildman–Crippen MR) is 98.9 cm³/mol. The fourth-order valence-corrected chi connectivity index (χ4v) is 3.07. The molecule has 0 N–H and O–H groups in total. The third-order valence-corrected chi connectivity index (χ3v) is 4.37. The lowest BCUT2D eigenvalue weighted by molar-refractivity contribution is -0.145. The van der Waals surface area contributed by atoms with Crippen molar-refractivity contribution in [3.8, 4) is 28.1 Å². The van der Waals surface area contributed by atoms with Crippen LogP contribution in [0.5, 0.6) is 11.5 Å². The first-order chi connectivity index (χ1) is 12.6. The zero-order valence-electron chi connectivity index (χ0n) is 14.1. The highest BCUT2D eigenvalue weighted by Crippen LogP contribution is 2.29. The molecule has 0 unspecified atom stereocenters. The van der Waals surface area contributed by atoms with Crippen LogP contribution >= 0.6 is 11.3 Å². The molecule has 26 heavy (non-hydrogen) atoms. The highest BCUT2D eigenvalue weighted by molar-refractivity contribution is 7.13. The minimum atomic E-state index is -0.757. The summed E-state index contributed by atoms with van der Waals surface area (Å²) in [5.74, 6) is 1.02. The highest BCUT2D eigenvalue weighted by atomic mass is 32.1. The summed E-state index contributed by atoms with van der Waals surface area (Å²) < 4.78 is 10.8. The van der Waals surface area contributed by atoms with Gasteiger partial charge in [-0.1, -0.05) is 30.3 Å². The SMILES string of the molecule is C[C@@H](C#N)OC(=O)Cc1csc(-c2cccc(Oc3ccccc3)c2)n1. The topological polar surface area (TPSA) is 72.2 Å². The highest BCUT2D eigenvalue weighted by Gasteiger charge is 2.13. The first kappa shape index (κ1) is 17.6. The maximum Gasteiger partial charge on any atom is 0.313 e. The molecule has 0 bridgehead atoms. The Kier molecular flexibility index (Phi) is 5.62. The van der Waals surface area contributed by atoms with Gasteiger partial charge >= 0.3 is 5.97 Å². The Labute approximate surface area is 155 Å². The van der Waals surface area contributed by atoms with Crippen molar-refractivity contribution in [2.75, 3.05) is 0 Å². The summed E-state index contributed by atoms with van der Waals surface area (Å²) in [7, 11) is 0. The molecule has 0 saturated heterocycles. The van der Waals surface area contributed by atoms with Crippen molar-refractivity contribution in [2.45, 2.75) is 19.4 Å². The van der Waals surface area contributed by atoms with Crippen molar-refractivity contribution in [3.05, 3.63) is 65.7 Å². The number of rotatable bonds is 6. The molecule has 1 heterocycles. The smallest absolute Gasteiger partial charge is 0.313 e. The molecule has 2 aromatic carbocycles. The van der Waals surface area contributed by atoms with Gasteiger partial charge in [0.2, 0.25) is 0 Å². The predicted octanol–water partition coefficient (Wildman–Crippen LogP) is 4.60. The number of aromatic nitrogens is 1. The summed E-state index contributed by atoms with van der Waals surface area (Å²) >= 11 is 1.44. The van der Waals surface area contributed by atoms with Crippen molar-refractivity contribution in [3.63, 3.8) is 0 Å². The standard InChI is InChI=1S/C20H16N2O3S/c1-14(12-21)24-19(23)11-16-13-26-20(22-16)15-6-5-9-18(10-15)25-17-7-3-2-4-8-17/h2-10,13-14H,11H2,1H3/t14-/m0/s1. The van der Waals surface area contributed by atoms with Crippen LogP contribution in [0.3, 0.4) is 0 Å². The Hall–Kier alpha value is -3.17. The van der Waals surface area contributed by atoms with E-state index in [1.165, 1.54) is 18.3 Å². The normalized spacial score (nSPS) is 11.4. The van der Waals surface area contributed by atoms with Crippen LogP contribution in [0.15, 0.2) is 60.0 Å². The summed E-state index contributed by atoms with van der Waals surface area (Å²) in [6.45, 7) is 1.53. The molecule has 1 atom stereocenters. The Morgan fingerprint density at radius 2 is 1.96 bits per heavy atom.